The molecule has 0 aliphatic carbocycles. The molecule has 1 fully saturated rings. The second-order valence-corrected chi connectivity index (χ2v) is 9.32. The van der Waals surface area contributed by atoms with Crippen LogP contribution in [0.4, 0.5) is 0 Å². The van der Waals surface area contributed by atoms with Gasteiger partial charge in [0, 0.05) is 12.0 Å². The minimum absolute atomic E-state index is 0.172. The summed E-state index contributed by atoms with van der Waals surface area (Å²) in [4.78, 5) is 40.1. The van der Waals surface area contributed by atoms with Gasteiger partial charge in [0.1, 0.15) is 12.1 Å². The van der Waals surface area contributed by atoms with Gasteiger partial charge in [-0.15, -0.1) is 0 Å². The third-order valence-electron chi connectivity index (χ3n) is 6.30. The Morgan fingerprint density at radius 1 is 1.13 bits per heavy atom. The molecule has 0 spiro atoms. The van der Waals surface area contributed by atoms with Crippen LogP contribution < -0.4 is 0 Å². The molecule has 2 unspecified atom stereocenters. The van der Waals surface area contributed by atoms with Crippen molar-refractivity contribution in [3.8, 4) is 0 Å². The van der Waals surface area contributed by atoms with E-state index < -0.39 is 23.1 Å². The molecule has 2 rings (SSSR count). The number of ketones is 1. The highest BCUT2D eigenvalue weighted by molar-refractivity contribution is 6.38. The maximum atomic E-state index is 13.1. The number of carbonyl (C=O) groups is 3. The van der Waals surface area contributed by atoms with Crippen molar-refractivity contribution in [1.29, 1.82) is 0 Å². The smallest absolute Gasteiger partial charge is 0.329 e. The molecule has 0 saturated carbocycles. The van der Waals surface area contributed by atoms with E-state index in [1.165, 1.54) is 10.5 Å². The summed E-state index contributed by atoms with van der Waals surface area (Å²) < 4.78 is 5.90. The lowest BCUT2D eigenvalue weighted by atomic mass is 9.84. The molecular weight excluding hydrogens is 378 g/mol. The van der Waals surface area contributed by atoms with Crippen LogP contribution in [0.2, 0.25) is 0 Å². The van der Waals surface area contributed by atoms with Crippen molar-refractivity contribution in [2.24, 2.45) is 11.3 Å². The first-order chi connectivity index (χ1) is 14.2. The standard InChI is InChI=1S/C25H37NO4/c1-6-25(4,5)22(27)23(28)26-17-11-10-14-20(26)24(29)30-21(18(2)3)16-15-19-12-8-7-9-13-19/h7-9,12-13,18,20-21H,6,10-11,14-17H2,1-5H3. The van der Waals surface area contributed by atoms with Gasteiger partial charge in [-0.2, -0.15) is 0 Å². The Bertz CT molecular complexity index is 726. The van der Waals surface area contributed by atoms with Crippen molar-refractivity contribution in [2.75, 3.05) is 6.54 Å². The SMILES string of the molecule is CCC(C)(C)C(=O)C(=O)N1CCCCC1C(=O)OC(CCc1ccccc1)C(C)C. The highest BCUT2D eigenvalue weighted by Crippen LogP contribution is 2.26. The Morgan fingerprint density at radius 3 is 2.40 bits per heavy atom. The number of Topliss-reactive ketones (excluding diaryl/α,β-unsaturated/α-hetero) is 1. The molecule has 1 amide bonds. The summed E-state index contributed by atoms with van der Waals surface area (Å²) in [6.07, 6.45) is 4.12. The Kier molecular flexibility index (Phi) is 8.63. The largest absolute Gasteiger partial charge is 0.461 e. The van der Waals surface area contributed by atoms with Gasteiger partial charge < -0.3 is 9.64 Å². The number of carbonyl (C=O) groups excluding carboxylic acids is 3. The van der Waals surface area contributed by atoms with E-state index in [1.54, 1.807) is 13.8 Å². The first kappa shape index (κ1) is 24.1. The van der Waals surface area contributed by atoms with Crippen LogP contribution in [0.3, 0.4) is 0 Å². The van der Waals surface area contributed by atoms with Crippen LogP contribution in [-0.2, 0) is 25.5 Å². The molecular formula is C25H37NO4. The number of aryl methyl sites for hydroxylation is 1. The van der Waals surface area contributed by atoms with Crippen LogP contribution in [-0.4, -0.2) is 41.3 Å². The number of nitrogens with zero attached hydrogens (tertiary/aromatic N) is 1. The fourth-order valence-electron chi connectivity index (χ4n) is 3.71. The zero-order valence-corrected chi connectivity index (χ0v) is 19.1. The second kappa shape index (κ2) is 10.7. The molecule has 1 heterocycles. The number of hydrogen-bond acceptors (Lipinski definition) is 4. The Hall–Kier alpha value is -2.17. The molecule has 5 nitrogen and oxygen atoms in total. The predicted molar refractivity (Wildman–Crippen MR) is 118 cm³/mol. The average Bonchev–Trinajstić information content (AvgIpc) is 2.75. The fourth-order valence-corrected chi connectivity index (χ4v) is 3.71. The first-order valence-electron chi connectivity index (χ1n) is 11.3. The lowest BCUT2D eigenvalue weighted by Crippen LogP contribution is -2.53. The number of hydrogen-bond donors (Lipinski definition) is 0. The van der Waals surface area contributed by atoms with Crippen LogP contribution in [0.15, 0.2) is 30.3 Å². The maximum absolute atomic E-state index is 13.1. The zero-order chi connectivity index (χ0) is 22.3. The highest BCUT2D eigenvalue weighted by atomic mass is 16.5. The first-order valence-corrected chi connectivity index (χ1v) is 11.3. The van der Waals surface area contributed by atoms with Crippen LogP contribution in [0.1, 0.15) is 72.3 Å². The second-order valence-electron chi connectivity index (χ2n) is 9.32. The number of piperidine rings is 1. The Labute approximate surface area is 181 Å². The molecule has 0 N–H and O–H groups in total. The van der Waals surface area contributed by atoms with E-state index in [-0.39, 0.29) is 18.0 Å². The normalized spacial score (nSPS) is 18.2. The van der Waals surface area contributed by atoms with Crippen molar-refractivity contribution in [3.05, 3.63) is 35.9 Å². The third kappa shape index (κ3) is 6.16. The molecule has 30 heavy (non-hydrogen) atoms. The van der Waals surface area contributed by atoms with Gasteiger partial charge >= 0.3 is 5.97 Å². The number of ether oxygens (including phenoxy) is 1. The van der Waals surface area contributed by atoms with E-state index in [4.69, 9.17) is 4.74 Å². The fraction of sp³-hybridized carbons (Fsp3) is 0.640. The molecule has 1 aromatic carbocycles. The van der Waals surface area contributed by atoms with E-state index in [0.29, 0.717) is 19.4 Å². The number of benzene rings is 1. The topological polar surface area (TPSA) is 63.7 Å². The lowest BCUT2D eigenvalue weighted by Gasteiger charge is -2.36. The van der Waals surface area contributed by atoms with Crippen molar-refractivity contribution in [3.63, 3.8) is 0 Å². The lowest BCUT2D eigenvalue weighted by molar-refractivity contribution is -0.165. The molecule has 166 valence electrons. The van der Waals surface area contributed by atoms with Gasteiger partial charge in [0.05, 0.1) is 0 Å². The summed E-state index contributed by atoms with van der Waals surface area (Å²) in [7, 11) is 0. The van der Waals surface area contributed by atoms with Crippen LogP contribution in [0, 0.1) is 11.3 Å². The van der Waals surface area contributed by atoms with E-state index in [1.807, 2.05) is 39.0 Å². The maximum Gasteiger partial charge on any atom is 0.329 e. The van der Waals surface area contributed by atoms with Gasteiger partial charge in [0.15, 0.2) is 0 Å². The van der Waals surface area contributed by atoms with Gasteiger partial charge in [-0.1, -0.05) is 65.0 Å². The molecule has 1 saturated heterocycles. The molecule has 2 atom stereocenters. The van der Waals surface area contributed by atoms with E-state index in [9.17, 15) is 14.4 Å². The van der Waals surface area contributed by atoms with Gasteiger partial charge in [-0.05, 0) is 50.0 Å². The van der Waals surface area contributed by atoms with Crippen molar-refractivity contribution in [1.82, 2.24) is 4.90 Å². The Balaban J connectivity index is 2.07. The summed E-state index contributed by atoms with van der Waals surface area (Å²) in [6.45, 7) is 9.97. The molecule has 0 bridgehead atoms. The van der Waals surface area contributed by atoms with Gasteiger partial charge in [-0.3, -0.25) is 9.59 Å². The molecule has 1 aliphatic rings. The third-order valence-corrected chi connectivity index (χ3v) is 6.30. The summed E-state index contributed by atoms with van der Waals surface area (Å²) >= 11 is 0. The predicted octanol–water partition coefficient (Wildman–Crippen LogP) is 4.57. The molecule has 1 aromatic rings. The summed E-state index contributed by atoms with van der Waals surface area (Å²) in [5, 5.41) is 0. The van der Waals surface area contributed by atoms with Crippen molar-refractivity contribution < 1.29 is 19.1 Å². The minimum atomic E-state index is -0.723. The van der Waals surface area contributed by atoms with E-state index >= 15 is 0 Å². The Morgan fingerprint density at radius 2 is 1.80 bits per heavy atom. The summed E-state index contributed by atoms with van der Waals surface area (Å²) in [5.74, 6) is -1.17. The molecule has 5 heteroatoms. The van der Waals surface area contributed by atoms with E-state index in [2.05, 4.69) is 12.1 Å². The molecule has 1 aliphatic heterocycles. The molecule has 0 aromatic heterocycles. The van der Waals surface area contributed by atoms with Gasteiger partial charge in [0.2, 0.25) is 5.78 Å². The van der Waals surface area contributed by atoms with E-state index in [0.717, 1.165) is 25.7 Å². The number of rotatable bonds is 9. The monoisotopic (exact) mass is 415 g/mol. The van der Waals surface area contributed by atoms with Crippen LogP contribution >= 0.6 is 0 Å². The van der Waals surface area contributed by atoms with Crippen molar-refractivity contribution in [2.45, 2.75) is 85.3 Å². The van der Waals surface area contributed by atoms with Crippen LogP contribution in [0.5, 0.6) is 0 Å². The molecule has 0 radical (unpaired) electrons. The number of likely N-dealkylation sites (tertiary alicyclic amines) is 1. The summed E-state index contributed by atoms with van der Waals surface area (Å²) in [6, 6.07) is 9.47. The number of esters is 1. The van der Waals surface area contributed by atoms with Gasteiger partial charge in [-0.25, -0.2) is 4.79 Å². The quantitative estimate of drug-likeness (QED) is 0.438. The highest BCUT2D eigenvalue weighted by Gasteiger charge is 2.41. The average molecular weight is 416 g/mol. The van der Waals surface area contributed by atoms with Crippen LogP contribution in [0.25, 0.3) is 0 Å². The minimum Gasteiger partial charge on any atom is -0.461 e. The van der Waals surface area contributed by atoms with Crippen molar-refractivity contribution >= 4 is 17.7 Å². The zero-order valence-electron chi connectivity index (χ0n) is 19.1. The van der Waals surface area contributed by atoms with Gasteiger partial charge in [0.25, 0.3) is 5.91 Å². The number of amides is 1. The summed E-state index contributed by atoms with van der Waals surface area (Å²) in [5.41, 5.74) is 0.486.